The van der Waals surface area contributed by atoms with Crippen LogP contribution in [0.5, 0.6) is 0 Å². The fourth-order valence-electron chi connectivity index (χ4n) is 5.59. The van der Waals surface area contributed by atoms with Gasteiger partial charge in [0, 0.05) is 70.7 Å². The van der Waals surface area contributed by atoms with Gasteiger partial charge in [0.05, 0.1) is 81.6 Å². The molecule has 21 heteroatoms. The highest BCUT2D eigenvalue weighted by Crippen LogP contribution is 2.15. The highest BCUT2D eigenvalue weighted by atomic mass is 32.1. The molecule has 0 unspecified atom stereocenters. The summed E-state index contributed by atoms with van der Waals surface area (Å²) in [7, 11) is 0. The summed E-state index contributed by atoms with van der Waals surface area (Å²) >= 11 is 3.28. The highest BCUT2D eigenvalue weighted by Gasteiger charge is 1.96. The van der Waals surface area contributed by atoms with Gasteiger partial charge in [0.2, 0.25) is 0 Å². The van der Waals surface area contributed by atoms with Gasteiger partial charge < -0.3 is 18.8 Å². The van der Waals surface area contributed by atoms with Crippen LogP contribution in [0.1, 0.15) is 0 Å². The topological polar surface area (TPSA) is 254 Å². The zero-order chi connectivity index (χ0) is 52.4. The van der Waals surface area contributed by atoms with Crippen molar-refractivity contribution < 1.29 is 13.2 Å². The lowest BCUT2D eigenvalue weighted by Crippen LogP contribution is -2.15. The van der Waals surface area contributed by atoms with Crippen LogP contribution >= 0.6 is 22.7 Å². The van der Waals surface area contributed by atoms with Gasteiger partial charge in [0.15, 0.2) is 0 Å². The molecule has 0 atom stereocenters. The number of thiazole rings is 2. The number of aromatic nitrogens is 17. The zero-order valence-corrected chi connectivity index (χ0v) is 42.2. The van der Waals surface area contributed by atoms with Gasteiger partial charge in [-0.3, -0.25) is 25.3 Å². The smallest absolute Gasteiger partial charge is 0.269 e. The number of furan rings is 2. The molecule has 0 amide bonds. The average molecular weight is 1050 g/mol. The van der Waals surface area contributed by atoms with E-state index in [1.54, 1.807) is 109 Å². The van der Waals surface area contributed by atoms with Crippen LogP contribution in [0.25, 0.3) is 48.8 Å². The molecular formula is C55H52N17O2S2+. The van der Waals surface area contributed by atoms with E-state index in [0.29, 0.717) is 0 Å². The maximum Gasteiger partial charge on any atom is 0.269 e. The third-order valence-corrected chi connectivity index (χ3v) is 10.3. The molecule has 16 rings (SSSR count). The highest BCUT2D eigenvalue weighted by molar-refractivity contribution is 7.16. The second-order valence-corrected chi connectivity index (χ2v) is 15.8. The van der Waals surface area contributed by atoms with Crippen LogP contribution in [0.4, 0.5) is 0 Å². The number of aromatic amines is 6. The predicted octanol–water partition coefficient (Wildman–Crippen LogP) is 12.1. The Bertz CT molecular complexity index is 2910. The summed E-state index contributed by atoms with van der Waals surface area (Å²) in [5, 5.41) is 29.9. The average Bonchev–Trinajstić information content (AvgIpc) is 4.34. The van der Waals surface area contributed by atoms with Crippen LogP contribution in [0, 0.1) is 0 Å². The van der Waals surface area contributed by atoms with Crippen molar-refractivity contribution in [2.45, 2.75) is 0 Å². The summed E-state index contributed by atoms with van der Waals surface area (Å²) in [4.78, 5) is 28.7. The first-order valence-electron chi connectivity index (χ1n) is 22.9. The van der Waals surface area contributed by atoms with Crippen molar-refractivity contribution >= 4 is 71.4 Å². The van der Waals surface area contributed by atoms with E-state index in [9.17, 15) is 0 Å². The first kappa shape index (κ1) is 54.8. The van der Waals surface area contributed by atoms with Crippen LogP contribution in [0.15, 0.2) is 289 Å². The van der Waals surface area contributed by atoms with Crippen LogP contribution in [0.3, 0.4) is 0 Å². The number of pyridine rings is 2. The molecule has 0 fully saturated rings. The number of H-pyrrole nitrogens is 6. The molecular weight excluding hydrogens is 995 g/mol. The Kier molecular flexibility index (Phi) is 25.7. The fourth-order valence-corrected chi connectivity index (χ4v) is 6.62. The largest absolute Gasteiger partial charge is 0.473 e. The number of benzene rings is 4. The lowest BCUT2D eigenvalue weighted by Gasteiger charge is -1.81. The molecule has 0 saturated carbocycles. The minimum atomic E-state index is 0.956. The maximum absolute atomic E-state index is 5.12. The van der Waals surface area contributed by atoms with Gasteiger partial charge in [-0.25, -0.2) is 24.3 Å². The SMILES string of the molecule is c1c[nH]cn1.c1cc[n+]2cn[nH]c2c1.c1ccc2[nH]cnc2c1.c1ccc2[nH]ncc2c1.c1ccc2occc2c1.c1ccc2scnc2c1.c1ccncc1.c1ccoc1.c1cn[nH]c1.c1cscn1.c1nc[nH]n1. The third-order valence-electron chi connectivity index (χ3n) is 9.01. The zero-order valence-electron chi connectivity index (χ0n) is 40.6. The quantitative estimate of drug-likeness (QED) is 0.0776. The second kappa shape index (κ2) is 35.6. The Morgan fingerprint density at radius 2 is 1.29 bits per heavy atom. The van der Waals surface area contributed by atoms with Crippen LogP contribution < -0.4 is 4.40 Å². The number of nitrogens with one attached hydrogen (secondary N) is 6. The van der Waals surface area contributed by atoms with Crippen molar-refractivity contribution in [1.29, 1.82) is 0 Å². The summed E-state index contributed by atoms with van der Waals surface area (Å²) < 4.78 is 12.9. The molecule has 0 bridgehead atoms. The van der Waals surface area contributed by atoms with Crippen molar-refractivity contribution in [2.24, 2.45) is 0 Å². The molecule has 12 heterocycles. The minimum absolute atomic E-state index is 0.956. The number of para-hydroxylation sites is 5. The summed E-state index contributed by atoms with van der Waals surface area (Å²) in [6.45, 7) is 0. The molecule has 4 aromatic carbocycles. The van der Waals surface area contributed by atoms with Crippen molar-refractivity contribution in [2.75, 3.05) is 0 Å². The molecule has 12 aromatic heterocycles. The second-order valence-electron chi connectivity index (χ2n) is 14.2. The van der Waals surface area contributed by atoms with Gasteiger partial charge in [-0.05, 0) is 78.9 Å². The minimum Gasteiger partial charge on any atom is -0.473 e. The first-order valence-corrected chi connectivity index (χ1v) is 24.7. The van der Waals surface area contributed by atoms with E-state index in [1.807, 2.05) is 179 Å². The summed E-state index contributed by atoms with van der Waals surface area (Å²) in [6, 6.07) is 51.1. The van der Waals surface area contributed by atoms with Gasteiger partial charge >= 0.3 is 0 Å². The van der Waals surface area contributed by atoms with E-state index in [4.69, 9.17) is 4.42 Å². The molecule has 380 valence electrons. The maximum atomic E-state index is 5.12. The summed E-state index contributed by atoms with van der Waals surface area (Å²) in [5.41, 5.74) is 9.94. The summed E-state index contributed by atoms with van der Waals surface area (Å²) in [5.74, 6) is 0. The van der Waals surface area contributed by atoms with Gasteiger partial charge in [0.1, 0.15) is 18.2 Å². The van der Waals surface area contributed by atoms with Crippen molar-refractivity contribution in [3.8, 4) is 0 Å². The fraction of sp³-hybridized carbons (Fsp3) is 0. The number of nitrogens with zero attached hydrogens (tertiary/aromatic N) is 11. The van der Waals surface area contributed by atoms with Gasteiger partial charge in [-0.2, -0.15) is 15.3 Å². The Morgan fingerprint density at radius 1 is 0.487 bits per heavy atom. The first-order chi connectivity index (χ1) is 37.8. The van der Waals surface area contributed by atoms with Gasteiger partial charge in [0.25, 0.3) is 12.0 Å². The van der Waals surface area contributed by atoms with E-state index in [0.717, 1.165) is 44.1 Å². The lowest BCUT2D eigenvalue weighted by atomic mass is 10.3. The van der Waals surface area contributed by atoms with Crippen molar-refractivity contribution in [3.05, 3.63) is 280 Å². The monoisotopic (exact) mass is 1050 g/mol. The number of hydrogen-bond acceptors (Lipinski definition) is 14. The molecule has 6 N–H and O–H groups in total. The molecule has 76 heavy (non-hydrogen) atoms. The molecule has 0 saturated heterocycles. The number of imidazole rings is 2. The van der Waals surface area contributed by atoms with E-state index < -0.39 is 0 Å². The Labute approximate surface area is 443 Å². The number of rotatable bonds is 0. The molecule has 16 aromatic rings. The molecule has 0 spiro atoms. The van der Waals surface area contributed by atoms with Crippen molar-refractivity contribution in [1.82, 2.24) is 80.7 Å². The lowest BCUT2D eigenvalue weighted by molar-refractivity contribution is -0.512. The predicted molar refractivity (Wildman–Crippen MR) is 298 cm³/mol. The van der Waals surface area contributed by atoms with E-state index in [-0.39, 0.29) is 0 Å². The van der Waals surface area contributed by atoms with E-state index in [1.165, 1.54) is 17.4 Å². The normalized spacial score (nSPS) is 9.32. The molecule has 0 aliphatic carbocycles. The van der Waals surface area contributed by atoms with Gasteiger partial charge in [-0.1, -0.05) is 72.8 Å². The Balaban J connectivity index is 0.000000137. The van der Waals surface area contributed by atoms with Gasteiger partial charge in [-0.15, -0.1) is 27.8 Å². The molecule has 0 radical (unpaired) electrons. The Morgan fingerprint density at radius 3 is 1.86 bits per heavy atom. The van der Waals surface area contributed by atoms with E-state index >= 15 is 0 Å². The Hall–Kier alpha value is -10.5. The van der Waals surface area contributed by atoms with Crippen molar-refractivity contribution in [3.63, 3.8) is 0 Å². The third kappa shape index (κ3) is 22.3. The summed E-state index contributed by atoms with van der Waals surface area (Å²) in [6.07, 6.45) is 28.9. The van der Waals surface area contributed by atoms with Crippen LogP contribution in [0.2, 0.25) is 0 Å². The number of fused-ring (bicyclic) bond motifs is 5. The van der Waals surface area contributed by atoms with E-state index in [2.05, 4.69) is 91.1 Å². The number of hydrogen-bond donors (Lipinski definition) is 6. The molecule has 0 aliphatic heterocycles. The standard InChI is InChI=1S/C8H6O.2C7H6N2.C7H5NS.C6H5N3.C5H5N.C4H4O.2C3H4N2.C3H3NS.C2H3N3/c1-2-4-8-7(3-1)5-6-9-8;1-2-4-7-6(3-1)8-5-9-7;1-2-4-7-6(3-1)5-8-9-7;1-2-4-7-6(3-1)8-5-9-7;1-2-4-9-5-7-8-6(9)3-1;1-2-4-6-5-3-1;1-2-4-5-3-1;1-2-5-3-4-1;1-2-4-5-3-1;1-2-5-3-4-1;1-3-2-5-4-1/h1-6H;2*1-5H,(H,8,9);2*1-5H;1-5H;1-4H;2*1-3H,(H,4,5);1-3H;1-2H,(H,3,4,5)/p+1. The van der Waals surface area contributed by atoms with Crippen LogP contribution in [-0.4, -0.2) is 80.7 Å². The molecule has 19 nitrogen and oxygen atoms in total. The van der Waals surface area contributed by atoms with Crippen LogP contribution in [-0.2, 0) is 0 Å². The molecule has 0 aliphatic rings.